The zero-order valence-electron chi connectivity index (χ0n) is 17.7. The summed E-state index contributed by atoms with van der Waals surface area (Å²) in [7, 11) is 3.01. The SMILES string of the molecule is COc1cccc([C@H]2CC(=O)N(c3ccc(C(F)(F)F)cc3)C3=C2C(=O)CCC3)c1OC. The molecule has 0 aromatic heterocycles. The third-order valence-corrected chi connectivity index (χ3v) is 5.94. The summed E-state index contributed by atoms with van der Waals surface area (Å²) in [5, 5.41) is 0. The lowest BCUT2D eigenvalue weighted by molar-refractivity contribution is -0.137. The second kappa shape index (κ2) is 8.33. The normalized spacial score (nSPS) is 19.2. The number of ether oxygens (including phenoxy) is 2. The van der Waals surface area contributed by atoms with E-state index in [9.17, 15) is 22.8 Å². The van der Waals surface area contributed by atoms with Crippen molar-refractivity contribution in [1.82, 2.24) is 0 Å². The Morgan fingerprint density at radius 3 is 2.31 bits per heavy atom. The number of hydrogen-bond donors (Lipinski definition) is 0. The van der Waals surface area contributed by atoms with Crippen LogP contribution in [0.1, 0.15) is 42.7 Å². The molecule has 8 heteroatoms. The highest BCUT2D eigenvalue weighted by Crippen LogP contribution is 2.47. The minimum absolute atomic E-state index is 0.00484. The number of rotatable bonds is 4. The van der Waals surface area contributed by atoms with Crippen LogP contribution in [-0.2, 0) is 15.8 Å². The van der Waals surface area contributed by atoms with Crippen LogP contribution in [0, 0.1) is 0 Å². The number of amides is 1. The first-order chi connectivity index (χ1) is 15.3. The molecular formula is C24H22F3NO4. The number of methoxy groups -OCH3 is 2. The molecule has 1 amide bonds. The first kappa shape index (κ1) is 21.9. The summed E-state index contributed by atoms with van der Waals surface area (Å²) < 4.78 is 49.8. The molecule has 2 aliphatic rings. The molecule has 0 spiro atoms. The Morgan fingerprint density at radius 1 is 0.969 bits per heavy atom. The Morgan fingerprint density at radius 2 is 1.69 bits per heavy atom. The van der Waals surface area contributed by atoms with Gasteiger partial charge in [-0.25, -0.2) is 0 Å². The van der Waals surface area contributed by atoms with Gasteiger partial charge in [-0.1, -0.05) is 12.1 Å². The van der Waals surface area contributed by atoms with E-state index >= 15 is 0 Å². The number of alkyl halides is 3. The Kier molecular flexibility index (Phi) is 5.71. The number of anilines is 1. The summed E-state index contributed by atoms with van der Waals surface area (Å²) in [6.45, 7) is 0. The number of halogens is 3. The Hall–Kier alpha value is -3.29. The maximum atomic E-state index is 13.3. The Labute approximate surface area is 183 Å². The van der Waals surface area contributed by atoms with E-state index in [1.807, 2.05) is 0 Å². The molecule has 1 atom stereocenters. The van der Waals surface area contributed by atoms with Crippen molar-refractivity contribution < 1.29 is 32.2 Å². The Bertz CT molecular complexity index is 1090. The number of carbonyl (C=O) groups is 2. The Balaban J connectivity index is 1.84. The van der Waals surface area contributed by atoms with E-state index in [1.54, 1.807) is 18.2 Å². The summed E-state index contributed by atoms with van der Waals surface area (Å²) in [4.78, 5) is 27.7. The van der Waals surface area contributed by atoms with Gasteiger partial charge in [0.1, 0.15) is 0 Å². The molecule has 0 unspecified atom stereocenters. The molecule has 0 radical (unpaired) electrons. The second-order valence-electron chi connectivity index (χ2n) is 7.75. The first-order valence-corrected chi connectivity index (χ1v) is 10.2. The smallest absolute Gasteiger partial charge is 0.416 e. The molecular weight excluding hydrogens is 423 g/mol. The fourth-order valence-electron chi connectivity index (χ4n) is 4.54. The number of allylic oxidation sites excluding steroid dienone is 2. The van der Waals surface area contributed by atoms with Gasteiger partial charge < -0.3 is 9.47 Å². The molecule has 0 saturated carbocycles. The highest BCUT2D eigenvalue weighted by molar-refractivity contribution is 6.07. The van der Waals surface area contributed by atoms with Crippen LogP contribution in [0.2, 0.25) is 0 Å². The molecule has 0 bridgehead atoms. The highest BCUT2D eigenvalue weighted by Gasteiger charge is 2.41. The minimum Gasteiger partial charge on any atom is -0.493 e. The summed E-state index contributed by atoms with van der Waals surface area (Å²) >= 11 is 0. The predicted molar refractivity (Wildman–Crippen MR) is 112 cm³/mol. The molecule has 5 nitrogen and oxygen atoms in total. The fourth-order valence-corrected chi connectivity index (χ4v) is 4.54. The molecule has 32 heavy (non-hydrogen) atoms. The monoisotopic (exact) mass is 445 g/mol. The van der Waals surface area contributed by atoms with Crippen LogP contribution in [0.3, 0.4) is 0 Å². The van der Waals surface area contributed by atoms with Gasteiger partial charge >= 0.3 is 6.18 Å². The molecule has 2 aromatic carbocycles. The van der Waals surface area contributed by atoms with Crippen molar-refractivity contribution in [2.24, 2.45) is 0 Å². The maximum absolute atomic E-state index is 13.3. The second-order valence-corrected chi connectivity index (χ2v) is 7.75. The van der Waals surface area contributed by atoms with Crippen LogP contribution in [0.5, 0.6) is 11.5 Å². The zero-order chi connectivity index (χ0) is 23.0. The molecule has 1 heterocycles. The van der Waals surface area contributed by atoms with Crippen molar-refractivity contribution in [3.05, 3.63) is 64.9 Å². The van der Waals surface area contributed by atoms with Gasteiger partial charge in [0.05, 0.1) is 19.8 Å². The molecule has 1 aliphatic carbocycles. The van der Waals surface area contributed by atoms with Gasteiger partial charge in [0.2, 0.25) is 5.91 Å². The number of carbonyl (C=O) groups excluding carboxylic acids is 2. The van der Waals surface area contributed by atoms with E-state index in [2.05, 4.69) is 0 Å². The largest absolute Gasteiger partial charge is 0.493 e. The van der Waals surface area contributed by atoms with Crippen LogP contribution < -0.4 is 14.4 Å². The van der Waals surface area contributed by atoms with Crippen LogP contribution >= 0.6 is 0 Å². The molecule has 4 rings (SSSR count). The van der Waals surface area contributed by atoms with Crippen molar-refractivity contribution >= 4 is 17.4 Å². The van der Waals surface area contributed by atoms with E-state index in [0.29, 0.717) is 53.3 Å². The molecule has 2 aromatic rings. The van der Waals surface area contributed by atoms with Gasteiger partial charge in [0.15, 0.2) is 17.3 Å². The molecule has 0 N–H and O–H groups in total. The van der Waals surface area contributed by atoms with Crippen molar-refractivity contribution in [1.29, 1.82) is 0 Å². The van der Waals surface area contributed by atoms with Gasteiger partial charge in [-0.2, -0.15) is 13.2 Å². The van der Waals surface area contributed by atoms with Gasteiger partial charge in [-0.15, -0.1) is 0 Å². The van der Waals surface area contributed by atoms with E-state index in [-0.39, 0.29) is 18.1 Å². The third kappa shape index (κ3) is 3.74. The minimum atomic E-state index is -4.47. The number of nitrogens with zero attached hydrogens (tertiary/aromatic N) is 1. The summed E-state index contributed by atoms with van der Waals surface area (Å²) in [5.41, 5.74) is 1.27. The van der Waals surface area contributed by atoms with Crippen LogP contribution in [-0.4, -0.2) is 25.9 Å². The number of ketones is 1. The number of para-hydroxylation sites is 1. The number of hydrogen-bond acceptors (Lipinski definition) is 4. The average Bonchev–Trinajstić information content (AvgIpc) is 2.77. The topological polar surface area (TPSA) is 55.8 Å². The lowest BCUT2D eigenvalue weighted by Gasteiger charge is -2.38. The van der Waals surface area contributed by atoms with E-state index in [4.69, 9.17) is 9.47 Å². The van der Waals surface area contributed by atoms with Gasteiger partial charge in [-0.05, 0) is 43.2 Å². The molecule has 1 aliphatic heterocycles. The quantitative estimate of drug-likeness (QED) is 0.645. The lowest BCUT2D eigenvalue weighted by Crippen LogP contribution is -2.40. The molecule has 0 fully saturated rings. The lowest BCUT2D eigenvalue weighted by atomic mass is 9.76. The van der Waals surface area contributed by atoms with Crippen LogP contribution in [0.4, 0.5) is 18.9 Å². The van der Waals surface area contributed by atoms with Crippen molar-refractivity contribution in [2.75, 3.05) is 19.1 Å². The average molecular weight is 445 g/mol. The zero-order valence-corrected chi connectivity index (χ0v) is 17.7. The predicted octanol–water partition coefficient (Wildman–Crippen LogP) is 5.25. The van der Waals surface area contributed by atoms with Crippen molar-refractivity contribution in [2.45, 2.75) is 37.8 Å². The molecule has 0 saturated heterocycles. The van der Waals surface area contributed by atoms with Gasteiger partial charge in [0.25, 0.3) is 0 Å². The summed E-state index contributed by atoms with van der Waals surface area (Å²) in [6.07, 6.45) is -3.06. The highest BCUT2D eigenvalue weighted by atomic mass is 19.4. The summed E-state index contributed by atoms with van der Waals surface area (Å²) in [6, 6.07) is 9.76. The fraction of sp³-hybridized carbons (Fsp3) is 0.333. The van der Waals surface area contributed by atoms with Gasteiger partial charge in [-0.3, -0.25) is 14.5 Å². The summed E-state index contributed by atoms with van der Waals surface area (Å²) in [5.74, 6) is 0.0914. The number of benzene rings is 2. The molecule has 168 valence electrons. The van der Waals surface area contributed by atoms with Crippen LogP contribution in [0.15, 0.2) is 53.7 Å². The van der Waals surface area contributed by atoms with Gasteiger partial charge in [0, 0.05) is 41.3 Å². The van der Waals surface area contributed by atoms with E-state index < -0.39 is 17.7 Å². The third-order valence-electron chi connectivity index (χ3n) is 5.94. The van der Waals surface area contributed by atoms with E-state index in [0.717, 1.165) is 12.1 Å². The first-order valence-electron chi connectivity index (χ1n) is 10.2. The number of Topliss-reactive ketones (excluding diaryl/α,β-unsaturated/α-hetero) is 1. The standard InChI is InChI=1S/C24H22F3NO4/c1-31-20-8-3-5-16(23(20)32-2)17-13-21(30)28(18-6-4-7-19(29)22(17)18)15-11-9-14(10-12-15)24(25,26)27/h3,5,8-12,17H,4,6-7,13H2,1-2H3/t17-/m1/s1. The van der Waals surface area contributed by atoms with Crippen molar-refractivity contribution in [3.63, 3.8) is 0 Å². The van der Waals surface area contributed by atoms with Crippen LogP contribution in [0.25, 0.3) is 0 Å². The van der Waals surface area contributed by atoms with E-state index in [1.165, 1.54) is 31.3 Å². The maximum Gasteiger partial charge on any atom is 0.416 e. The van der Waals surface area contributed by atoms with Crippen molar-refractivity contribution in [3.8, 4) is 11.5 Å².